The monoisotopic (exact) mass is 777 g/mol. The summed E-state index contributed by atoms with van der Waals surface area (Å²) in [4.78, 5) is 20.2. The standard InChI is InChI=1S/C56H35N5/c1-5-16-36(17-6-1)52-46-32-33-47-50-44(25-15-27-49(50)61(43-22-11-4-12-23-43)53(47)51(46)45-24-13-14-26-48(45)57-52)41-30-28-40-35-42(31-29-39(40)34-41)56-59-54(37-18-7-2-8-19-37)58-55(60-56)38-20-9-3-10-21-38/h1-35H. The number of hydrogen-bond donors (Lipinski definition) is 0. The van der Waals surface area contributed by atoms with Gasteiger partial charge in [0.05, 0.1) is 22.2 Å². The van der Waals surface area contributed by atoms with E-state index in [1.807, 2.05) is 60.7 Å². The molecule has 12 aromatic rings. The molecule has 61 heavy (non-hydrogen) atoms. The van der Waals surface area contributed by atoms with Crippen LogP contribution in [-0.2, 0) is 0 Å². The van der Waals surface area contributed by atoms with Crippen LogP contribution in [0.2, 0.25) is 0 Å². The summed E-state index contributed by atoms with van der Waals surface area (Å²) in [6.45, 7) is 0. The molecule has 284 valence electrons. The highest BCUT2D eigenvalue weighted by Gasteiger charge is 2.22. The van der Waals surface area contributed by atoms with Gasteiger partial charge in [0.15, 0.2) is 17.5 Å². The Bertz CT molecular complexity index is 3560. The van der Waals surface area contributed by atoms with Gasteiger partial charge in [0.1, 0.15) is 0 Å². The molecule has 0 radical (unpaired) electrons. The van der Waals surface area contributed by atoms with Gasteiger partial charge in [-0.1, -0.05) is 176 Å². The van der Waals surface area contributed by atoms with Crippen LogP contribution in [0.15, 0.2) is 212 Å². The van der Waals surface area contributed by atoms with Crippen LogP contribution >= 0.6 is 0 Å². The van der Waals surface area contributed by atoms with Gasteiger partial charge in [-0.3, -0.25) is 0 Å². The van der Waals surface area contributed by atoms with E-state index in [0.29, 0.717) is 17.5 Å². The molecule has 0 aliphatic heterocycles. The van der Waals surface area contributed by atoms with Gasteiger partial charge in [-0.15, -0.1) is 0 Å². The van der Waals surface area contributed by atoms with Crippen LogP contribution in [0.5, 0.6) is 0 Å². The van der Waals surface area contributed by atoms with E-state index in [9.17, 15) is 0 Å². The number of para-hydroxylation sites is 2. The molecule has 0 aliphatic carbocycles. The first-order valence-corrected chi connectivity index (χ1v) is 20.6. The molecule has 0 saturated heterocycles. The third kappa shape index (κ3) is 5.86. The highest BCUT2D eigenvalue weighted by molar-refractivity contribution is 6.28. The smallest absolute Gasteiger partial charge is 0.164 e. The fourth-order valence-corrected chi connectivity index (χ4v) is 8.98. The molecule has 5 heteroatoms. The second kappa shape index (κ2) is 14.2. The molecule has 0 N–H and O–H groups in total. The molecule has 0 fully saturated rings. The van der Waals surface area contributed by atoms with E-state index in [0.717, 1.165) is 71.8 Å². The van der Waals surface area contributed by atoms with E-state index in [-0.39, 0.29) is 0 Å². The van der Waals surface area contributed by atoms with Crippen LogP contribution in [0.25, 0.3) is 116 Å². The van der Waals surface area contributed by atoms with E-state index in [4.69, 9.17) is 19.9 Å². The number of benzene rings is 9. The Morgan fingerprint density at radius 1 is 0.328 bits per heavy atom. The van der Waals surface area contributed by atoms with Crippen LogP contribution in [0.1, 0.15) is 0 Å². The number of hydrogen-bond acceptors (Lipinski definition) is 4. The van der Waals surface area contributed by atoms with Crippen molar-refractivity contribution >= 4 is 54.3 Å². The highest BCUT2D eigenvalue weighted by Crippen LogP contribution is 2.45. The van der Waals surface area contributed by atoms with Crippen LogP contribution in [0.3, 0.4) is 0 Å². The van der Waals surface area contributed by atoms with Crippen LogP contribution in [0.4, 0.5) is 0 Å². The summed E-state index contributed by atoms with van der Waals surface area (Å²) in [6.07, 6.45) is 0. The third-order valence-electron chi connectivity index (χ3n) is 11.8. The van der Waals surface area contributed by atoms with Gasteiger partial charge in [-0.05, 0) is 58.3 Å². The molecule has 0 unspecified atom stereocenters. The molecule has 5 nitrogen and oxygen atoms in total. The predicted molar refractivity (Wildman–Crippen MR) is 252 cm³/mol. The quantitative estimate of drug-likeness (QED) is 0.158. The maximum atomic E-state index is 5.27. The average molecular weight is 778 g/mol. The summed E-state index contributed by atoms with van der Waals surface area (Å²) >= 11 is 0. The second-order valence-electron chi connectivity index (χ2n) is 15.4. The molecule has 0 bridgehead atoms. The molecule has 9 aromatic carbocycles. The second-order valence-corrected chi connectivity index (χ2v) is 15.4. The number of pyridine rings is 1. The van der Waals surface area contributed by atoms with Crippen molar-refractivity contribution in [3.05, 3.63) is 212 Å². The van der Waals surface area contributed by atoms with Crippen LogP contribution in [-0.4, -0.2) is 24.5 Å². The summed E-state index contributed by atoms with van der Waals surface area (Å²) in [5.41, 5.74) is 11.7. The Morgan fingerprint density at radius 3 is 1.54 bits per heavy atom. The minimum absolute atomic E-state index is 0.641. The van der Waals surface area contributed by atoms with Gasteiger partial charge < -0.3 is 4.57 Å². The Hall–Kier alpha value is -8.28. The van der Waals surface area contributed by atoms with Gasteiger partial charge in [-0.2, -0.15) is 0 Å². The van der Waals surface area contributed by atoms with Gasteiger partial charge in [-0.25, -0.2) is 19.9 Å². The van der Waals surface area contributed by atoms with Gasteiger partial charge >= 0.3 is 0 Å². The molecule has 3 heterocycles. The molecule has 12 rings (SSSR count). The van der Waals surface area contributed by atoms with Crippen molar-refractivity contribution in [2.24, 2.45) is 0 Å². The van der Waals surface area contributed by atoms with Crippen molar-refractivity contribution < 1.29 is 0 Å². The number of rotatable bonds is 6. The summed E-state index contributed by atoms with van der Waals surface area (Å²) in [6, 6.07) is 74.6. The molecule has 0 spiro atoms. The lowest BCUT2D eigenvalue weighted by molar-refractivity contribution is 1.07. The topological polar surface area (TPSA) is 56.5 Å². The van der Waals surface area contributed by atoms with Gasteiger partial charge in [0.2, 0.25) is 0 Å². The van der Waals surface area contributed by atoms with E-state index >= 15 is 0 Å². The van der Waals surface area contributed by atoms with E-state index < -0.39 is 0 Å². The first-order valence-electron chi connectivity index (χ1n) is 20.6. The van der Waals surface area contributed by atoms with Crippen molar-refractivity contribution in [3.8, 4) is 62.2 Å². The zero-order valence-corrected chi connectivity index (χ0v) is 32.9. The molecule has 3 aromatic heterocycles. The Labute approximate surface area is 351 Å². The van der Waals surface area contributed by atoms with Crippen molar-refractivity contribution in [1.82, 2.24) is 24.5 Å². The summed E-state index contributed by atoms with van der Waals surface area (Å²) in [7, 11) is 0. The van der Waals surface area contributed by atoms with Crippen molar-refractivity contribution in [1.29, 1.82) is 0 Å². The number of fused-ring (bicyclic) bond motifs is 8. The Balaban J connectivity index is 1.06. The molecule has 0 atom stereocenters. The molecular weight excluding hydrogens is 743 g/mol. The van der Waals surface area contributed by atoms with Crippen molar-refractivity contribution in [2.75, 3.05) is 0 Å². The van der Waals surface area contributed by atoms with Crippen LogP contribution in [0, 0.1) is 0 Å². The molecule has 0 amide bonds. The molecule has 0 aliphatic rings. The normalized spacial score (nSPS) is 11.6. The molecule has 0 saturated carbocycles. The van der Waals surface area contributed by atoms with E-state index in [2.05, 4.69) is 156 Å². The third-order valence-corrected chi connectivity index (χ3v) is 11.8. The average Bonchev–Trinajstić information content (AvgIpc) is 3.69. The van der Waals surface area contributed by atoms with E-state index in [1.165, 1.54) is 27.2 Å². The minimum atomic E-state index is 0.641. The maximum Gasteiger partial charge on any atom is 0.164 e. The fourth-order valence-electron chi connectivity index (χ4n) is 8.98. The number of nitrogens with zero attached hydrogens (tertiary/aromatic N) is 5. The van der Waals surface area contributed by atoms with E-state index in [1.54, 1.807) is 0 Å². The largest absolute Gasteiger partial charge is 0.309 e. The Kier molecular flexibility index (Phi) is 8.10. The lowest BCUT2D eigenvalue weighted by Gasteiger charge is -2.14. The zero-order valence-electron chi connectivity index (χ0n) is 32.9. The lowest BCUT2D eigenvalue weighted by Crippen LogP contribution is -2.00. The fraction of sp³-hybridized carbons (Fsp3) is 0. The minimum Gasteiger partial charge on any atom is -0.309 e. The number of aromatic nitrogens is 5. The first kappa shape index (κ1) is 34.7. The zero-order chi connectivity index (χ0) is 40.3. The summed E-state index contributed by atoms with van der Waals surface area (Å²) < 4.78 is 2.45. The lowest BCUT2D eigenvalue weighted by atomic mass is 9.94. The SMILES string of the molecule is c1ccc(-c2nc(-c3ccccc3)nc(-c3ccc4cc(-c5cccc6c5c5ccc7c(-c8ccccc8)nc8ccccc8c7c5n6-c5ccccc5)ccc4c3)n2)cc1. The maximum absolute atomic E-state index is 5.27. The molecular formula is C56H35N5. The summed E-state index contributed by atoms with van der Waals surface area (Å²) in [5.74, 6) is 1.94. The van der Waals surface area contributed by atoms with Gasteiger partial charge in [0.25, 0.3) is 0 Å². The predicted octanol–water partition coefficient (Wildman–Crippen LogP) is 14.2. The van der Waals surface area contributed by atoms with Crippen molar-refractivity contribution in [3.63, 3.8) is 0 Å². The highest BCUT2D eigenvalue weighted by atomic mass is 15.0. The summed E-state index contributed by atoms with van der Waals surface area (Å²) in [5, 5.41) is 8.13. The Morgan fingerprint density at radius 2 is 0.869 bits per heavy atom. The van der Waals surface area contributed by atoms with Crippen LogP contribution < -0.4 is 0 Å². The first-order chi connectivity index (χ1) is 30.2. The van der Waals surface area contributed by atoms with Crippen molar-refractivity contribution in [2.45, 2.75) is 0 Å². The van der Waals surface area contributed by atoms with Gasteiger partial charge in [0, 0.05) is 54.9 Å².